The molecule has 1 heterocycles. The van der Waals surface area contributed by atoms with Crippen LogP contribution in [0.2, 0.25) is 0 Å². The molecule has 168 valence electrons. The van der Waals surface area contributed by atoms with Gasteiger partial charge in [-0.05, 0) is 69.0 Å². The number of anilines is 1. The highest BCUT2D eigenvalue weighted by Crippen LogP contribution is 2.34. The summed E-state index contributed by atoms with van der Waals surface area (Å²) in [5, 5.41) is 4.62. The van der Waals surface area contributed by atoms with Crippen LogP contribution in [0.5, 0.6) is 5.75 Å². The van der Waals surface area contributed by atoms with Crippen molar-refractivity contribution in [2.24, 2.45) is 0 Å². The van der Waals surface area contributed by atoms with Crippen LogP contribution in [-0.4, -0.2) is 37.1 Å². The van der Waals surface area contributed by atoms with E-state index in [1.54, 1.807) is 18.3 Å². The van der Waals surface area contributed by atoms with E-state index in [9.17, 15) is 4.39 Å². The Balaban J connectivity index is 1.65. The van der Waals surface area contributed by atoms with Gasteiger partial charge < -0.3 is 15.0 Å². The number of likely N-dealkylation sites (N-methyl/N-ethyl adjacent to an activating group) is 1. The number of aromatic nitrogens is 1. The minimum absolute atomic E-state index is 0.254. The van der Waals surface area contributed by atoms with E-state index in [4.69, 9.17) is 4.74 Å². The smallest absolute Gasteiger partial charge is 0.127 e. The Morgan fingerprint density at radius 3 is 2.61 bits per heavy atom. The Morgan fingerprint density at radius 1 is 1.03 bits per heavy atom. The summed E-state index contributed by atoms with van der Waals surface area (Å²) in [4.78, 5) is 6.53. The van der Waals surface area contributed by atoms with E-state index in [1.807, 2.05) is 57.4 Å². The second-order valence-corrected chi connectivity index (χ2v) is 8.11. The summed E-state index contributed by atoms with van der Waals surface area (Å²) in [7, 11) is 4.03. The zero-order valence-electron chi connectivity index (χ0n) is 19.2. The van der Waals surface area contributed by atoms with Crippen molar-refractivity contribution in [2.45, 2.75) is 6.92 Å². The predicted octanol–water partition coefficient (Wildman–Crippen LogP) is 6.45. The van der Waals surface area contributed by atoms with Crippen LogP contribution in [0.3, 0.4) is 0 Å². The molecule has 1 N–H and O–H groups in total. The van der Waals surface area contributed by atoms with Crippen LogP contribution >= 0.6 is 0 Å². The maximum absolute atomic E-state index is 13.5. The van der Waals surface area contributed by atoms with Crippen molar-refractivity contribution in [2.75, 3.05) is 32.6 Å². The highest BCUT2D eigenvalue weighted by Gasteiger charge is 2.11. The van der Waals surface area contributed by atoms with Gasteiger partial charge >= 0.3 is 0 Å². The van der Waals surface area contributed by atoms with E-state index in [1.165, 1.54) is 12.1 Å². The molecular weight excluding hydrogens is 413 g/mol. The summed E-state index contributed by atoms with van der Waals surface area (Å²) >= 11 is 0. The molecule has 0 spiro atoms. The lowest BCUT2D eigenvalue weighted by Gasteiger charge is -2.17. The second kappa shape index (κ2) is 10.3. The van der Waals surface area contributed by atoms with Crippen LogP contribution in [0, 0.1) is 5.82 Å². The molecule has 0 saturated heterocycles. The van der Waals surface area contributed by atoms with Crippen molar-refractivity contribution in [3.63, 3.8) is 0 Å². The third-order valence-corrected chi connectivity index (χ3v) is 5.42. The van der Waals surface area contributed by atoms with Gasteiger partial charge in [-0.1, -0.05) is 36.4 Å². The minimum Gasteiger partial charge on any atom is -0.492 e. The van der Waals surface area contributed by atoms with Gasteiger partial charge in [0.1, 0.15) is 18.2 Å². The summed E-state index contributed by atoms with van der Waals surface area (Å²) in [6.07, 6.45) is 3.84. The number of pyridine rings is 1. The van der Waals surface area contributed by atoms with Crippen molar-refractivity contribution >= 4 is 22.3 Å². The van der Waals surface area contributed by atoms with E-state index in [0.29, 0.717) is 6.61 Å². The average Bonchev–Trinajstić information content (AvgIpc) is 2.83. The Labute approximate surface area is 194 Å². The Hall–Kier alpha value is -3.70. The number of fused-ring (bicyclic) bond motifs is 1. The third-order valence-electron chi connectivity index (χ3n) is 5.42. The SMILES string of the molecule is C/C=C(/Nc1ccc2cccnc2c1)c1ccc(-c2ccc(F)cc2)c(OCCN(C)C)c1. The maximum Gasteiger partial charge on any atom is 0.127 e. The van der Waals surface area contributed by atoms with E-state index < -0.39 is 0 Å². The summed E-state index contributed by atoms with van der Waals surface area (Å²) in [6.45, 7) is 3.35. The molecule has 0 radical (unpaired) electrons. The molecule has 0 saturated carbocycles. The lowest BCUT2D eigenvalue weighted by molar-refractivity contribution is 0.262. The van der Waals surface area contributed by atoms with E-state index in [2.05, 4.69) is 33.4 Å². The average molecular weight is 442 g/mol. The quantitative estimate of drug-likeness (QED) is 0.341. The van der Waals surface area contributed by atoms with Crippen molar-refractivity contribution in [1.29, 1.82) is 0 Å². The molecule has 0 fully saturated rings. The number of allylic oxidation sites excluding steroid dienone is 1. The van der Waals surface area contributed by atoms with E-state index in [0.717, 1.165) is 51.3 Å². The topological polar surface area (TPSA) is 37.4 Å². The summed E-state index contributed by atoms with van der Waals surface area (Å²) in [5.74, 6) is 0.512. The molecule has 1 aromatic heterocycles. The number of rotatable bonds is 8. The number of hydrogen-bond donors (Lipinski definition) is 1. The summed E-state index contributed by atoms with van der Waals surface area (Å²) < 4.78 is 19.6. The normalized spacial score (nSPS) is 11.7. The molecule has 0 atom stereocenters. The van der Waals surface area contributed by atoms with Gasteiger partial charge in [0.2, 0.25) is 0 Å². The first-order chi connectivity index (χ1) is 16.0. The zero-order valence-corrected chi connectivity index (χ0v) is 19.2. The van der Waals surface area contributed by atoms with E-state index in [-0.39, 0.29) is 5.82 Å². The number of hydrogen-bond acceptors (Lipinski definition) is 4. The van der Waals surface area contributed by atoms with Gasteiger partial charge in [-0.3, -0.25) is 4.98 Å². The van der Waals surface area contributed by atoms with Gasteiger partial charge in [-0.15, -0.1) is 0 Å². The number of nitrogens with one attached hydrogen (secondary N) is 1. The van der Waals surface area contributed by atoms with Crippen LogP contribution in [-0.2, 0) is 0 Å². The first kappa shape index (κ1) is 22.5. The van der Waals surface area contributed by atoms with Crippen molar-refractivity contribution in [1.82, 2.24) is 9.88 Å². The molecule has 3 aromatic carbocycles. The molecule has 0 aliphatic carbocycles. The number of nitrogens with zero attached hydrogens (tertiary/aromatic N) is 2. The van der Waals surface area contributed by atoms with Gasteiger partial charge in [0.05, 0.1) is 5.52 Å². The molecule has 4 nitrogen and oxygen atoms in total. The molecule has 0 bridgehead atoms. The standard InChI is InChI=1S/C28H28FN3O/c1-4-26(31-24-13-9-21-6-5-15-30-27(21)19-24)22-10-14-25(20-7-11-23(29)12-8-20)28(18-22)33-17-16-32(2)3/h4-15,18-19,31H,16-17H2,1-3H3/b26-4+. The van der Waals surface area contributed by atoms with Gasteiger partial charge in [0, 0.05) is 40.6 Å². The predicted molar refractivity (Wildman–Crippen MR) is 135 cm³/mol. The Kier molecular flexibility index (Phi) is 7.01. The summed E-state index contributed by atoms with van der Waals surface area (Å²) in [6, 6.07) is 22.8. The monoisotopic (exact) mass is 441 g/mol. The van der Waals surface area contributed by atoms with Crippen LogP contribution in [0.4, 0.5) is 10.1 Å². The van der Waals surface area contributed by atoms with Crippen LogP contribution < -0.4 is 10.1 Å². The minimum atomic E-state index is -0.254. The van der Waals surface area contributed by atoms with Gasteiger partial charge in [-0.2, -0.15) is 0 Å². The van der Waals surface area contributed by atoms with Crippen molar-refractivity contribution in [3.8, 4) is 16.9 Å². The molecule has 0 aliphatic heterocycles. The fourth-order valence-electron chi connectivity index (χ4n) is 3.63. The fourth-order valence-corrected chi connectivity index (χ4v) is 3.63. The highest BCUT2D eigenvalue weighted by atomic mass is 19.1. The number of halogens is 1. The first-order valence-corrected chi connectivity index (χ1v) is 11.0. The second-order valence-electron chi connectivity index (χ2n) is 8.11. The van der Waals surface area contributed by atoms with Crippen LogP contribution in [0.25, 0.3) is 27.7 Å². The first-order valence-electron chi connectivity index (χ1n) is 11.0. The largest absolute Gasteiger partial charge is 0.492 e. The summed E-state index contributed by atoms with van der Waals surface area (Å²) in [5.41, 5.74) is 5.73. The molecule has 4 aromatic rings. The van der Waals surface area contributed by atoms with Gasteiger partial charge in [0.25, 0.3) is 0 Å². The lowest BCUT2D eigenvalue weighted by atomic mass is 10.0. The van der Waals surface area contributed by atoms with Crippen LogP contribution in [0.15, 0.2) is 85.1 Å². The fraction of sp³-hybridized carbons (Fsp3) is 0.179. The highest BCUT2D eigenvalue weighted by molar-refractivity contribution is 5.86. The van der Waals surface area contributed by atoms with Gasteiger partial charge in [0.15, 0.2) is 0 Å². The van der Waals surface area contributed by atoms with Crippen molar-refractivity contribution in [3.05, 3.63) is 96.4 Å². The Morgan fingerprint density at radius 2 is 1.85 bits per heavy atom. The number of ether oxygens (including phenoxy) is 1. The molecule has 5 heteroatoms. The Bertz CT molecular complexity index is 1270. The number of benzene rings is 3. The van der Waals surface area contributed by atoms with Gasteiger partial charge in [-0.25, -0.2) is 4.39 Å². The van der Waals surface area contributed by atoms with Crippen molar-refractivity contribution < 1.29 is 9.13 Å². The molecule has 4 rings (SSSR count). The molecular formula is C28H28FN3O. The molecule has 0 amide bonds. The molecule has 0 aliphatic rings. The van der Waals surface area contributed by atoms with E-state index >= 15 is 0 Å². The zero-order chi connectivity index (χ0) is 23.2. The maximum atomic E-state index is 13.5. The van der Waals surface area contributed by atoms with Crippen LogP contribution in [0.1, 0.15) is 12.5 Å². The lowest BCUT2D eigenvalue weighted by Crippen LogP contribution is -2.19. The molecule has 0 unspecified atom stereocenters. The third kappa shape index (κ3) is 5.57. The molecule has 33 heavy (non-hydrogen) atoms.